The van der Waals surface area contributed by atoms with Gasteiger partial charge in [0.2, 0.25) is 5.91 Å². The number of aromatic amines is 1. The van der Waals surface area contributed by atoms with Crippen LogP contribution in [0.15, 0.2) is 22.9 Å². The van der Waals surface area contributed by atoms with Gasteiger partial charge in [-0.2, -0.15) is 16.4 Å². The number of carbonyl (C=O) groups is 1. The van der Waals surface area contributed by atoms with E-state index < -0.39 is 0 Å². The molecule has 4 nitrogen and oxygen atoms in total. The SMILES string of the molecule is Cc1cc([C@H]2CCCN(C(=O)[C@H](C)c3ccsc3)C2)n[nH]1. The number of piperidine rings is 1. The van der Waals surface area contributed by atoms with Crippen molar-refractivity contribution in [3.05, 3.63) is 39.8 Å². The lowest BCUT2D eigenvalue weighted by atomic mass is 9.93. The molecule has 0 spiro atoms. The maximum atomic E-state index is 12.7. The monoisotopic (exact) mass is 303 g/mol. The van der Waals surface area contributed by atoms with E-state index >= 15 is 0 Å². The van der Waals surface area contributed by atoms with E-state index in [0.717, 1.165) is 42.9 Å². The Morgan fingerprint density at radius 3 is 3.10 bits per heavy atom. The summed E-state index contributed by atoms with van der Waals surface area (Å²) in [6.07, 6.45) is 2.17. The number of carbonyl (C=O) groups excluding carboxylic acids is 1. The third-order valence-corrected chi connectivity index (χ3v) is 4.99. The molecule has 1 fully saturated rings. The van der Waals surface area contributed by atoms with Crippen molar-refractivity contribution < 1.29 is 4.79 Å². The van der Waals surface area contributed by atoms with E-state index in [1.807, 2.05) is 30.2 Å². The molecule has 21 heavy (non-hydrogen) atoms. The lowest BCUT2D eigenvalue weighted by Crippen LogP contribution is -2.41. The Kier molecular flexibility index (Phi) is 4.10. The molecule has 2 aromatic heterocycles. The maximum Gasteiger partial charge on any atom is 0.229 e. The molecule has 1 saturated heterocycles. The molecule has 1 aliphatic rings. The van der Waals surface area contributed by atoms with Gasteiger partial charge in [-0.1, -0.05) is 0 Å². The number of hydrogen-bond acceptors (Lipinski definition) is 3. The van der Waals surface area contributed by atoms with Crippen LogP contribution in [0.5, 0.6) is 0 Å². The Morgan fingerprint density at radius 1 is 1.57 bits per heavy atom. The number of nitrogens with one attached hydrogen (secondary N) is 1. The average molecular weight is 303 g/mol. The van der Waals surface area contributed by atoms with Crippen LogP contribution in [0.4, 0.5) is 0 Å². The van der Waals surface area contributed by atoms with Crippen LogP contribution in [-0.4, -0.2) is 34.1 Å². The molecular weight excluding hydrogens is 282 g/mol. The zero-order valence-corrected chi connectivity index (χ0v) is 13.3. The molecule has 0 unspecified atom stereocenters. The van der Waals surface area contributed by atoms with Gasteiger partial charge in [-0.15, -0.1) is 0 Å². The second-order valence-corrected chi connectivity index (χ2v) is 6.66. The predicted molar refractivity (Wildman–Crippen MR) is 84.6 cm³/mol. The summed E-state index contributed by atoms with van der Waals surface area (Å²) in [5, 5.41) is 11.5. The van der Waals surface area contributed by atoms with E-state index in [1.54, 1.807) is 11.3 Å². The van der Waals surface area contributed by atoms with E-state index in [2.05, 4.69) is 21.6 Å². The summed E-state index contributed by atoms with van der Waals surface area (Å²) in [4.78, 5) is 14.7. The summed E-state index contributed by atoms with van der Waals surface area (Å²) in [6, 6.07) is 4.15. The maximum absolute atomic E-state index is 12.7. The number of aryl methyl sites for hydroxylation is 1. The van der Waals surface area contributed by atoms with Gasteiger partial charge in [-0.3, -0.25) is 9.89 Å². The number of likely N-dealkylation sites (tertiary alicyclic amines) is 1. The molecule has 5 heteroatoms. The average Bonchev–Trinajstić information content (AvgIpc) is 3.17. The van der Waals surface area contributed by atoms with E-state index in [1.165, 1.54) is 0 Å². The highest BCUT2D eigenvalue weighted by Gasteiger charge is 2.29. The third-order valence-electron chi connectivity index (χ3n) is 4.29. The fourth-order valence-electron chi connectivity index (χ4n) is 3.00. The lowest BCUT2D eigenvalue weighted by Gasteiger charge is -2.33. The van der Waals surface area contributed by atoms with Crippen molar-refractivity contribution in [1.82, 2.24) is 15.1 Å². The molecule has 0 bridgehead atoms. The number of rotatable bonds is 3. The van der Waals surface area contributed by atoms with Gasteiger partial charge < -0.3 is 4.90 Å². The number of thiophene rings is 1. The summed E-state index contributed by atoms with van der Waals surface area (Å²) in [7, 11) is 0. The first-order valence-electron chi connectivity index (χ1n) is 7.48. The van der Waals surface area contributed by atoms with Gasteiger partial charge in [0.05, 0.1) is 11.6 Å². The van der Waals surface area contributed by atoms with Crippen LogP contribution in [0.2, 0.25) is 0 Å². The normalized spacial score (nSPS) is 20.5. The summed E-state index contributed by atoms with van der Waals surface area (Å²) in [5.41, 5.74) is 3.30. The molecule has 2 aromatic rings. The number of hydrogen-bond donors (Lipinski definition) is 1. The molecular formula is C16H21N3OS. The van der Waals surface area contributed by atoms with Gasteiger partial charge >= 0.3 is 0 Å². The van der Waals surface area contributed by atoms with E-state index in [4.69, 9.17) is 0 Å². The second kappa shape index (κ2) is 6.02. The van der Waals surface area contributed by atoms with Gasteiger partial charge in [-0.25, -0.2) is 0 Å². The first kappa shape index (κ1) is 14.3. The van der Waals surface area contributed by atoms with Crippen LogP contribution in [0.25, 0.3) is 0 Å². The van der Waals surface area contributed by atoms with Gasteiger partial charge in [0.1, 0.15) is 0 Å². The van der Waals surface area contributed by atoms with Gasteiger partial charge in [0.15, 0.2) is 0 Å². The highest BCUT2D eigenvalue weighted by Crippen LogP contribution is 2.28. The molecule has 1 aliphatic heterocycles. The minimum Gasteiger partial charge on any atom is -0.342 e. The standard InChI is InChI=1S/C16H21N3OS/c1-11-8-15(18-17-11)13-4-3-6-19(9-13)16(20)12(2)14-5-7-21-10-14/h5,7-8,10,12-13H,3-4,6,9H2,1-2H3,(H,17,18)/t12-,13+/m1/s1. The van der Waals surface area contributed by atoms with Crippen molar-refractivity contribution in [3.63, 3.8) is 0 Å². The zero-order valence-electron chi connectivity index (χ0n) is 12.5. The first-order valence-corrected chi connectivity index (χ1v) is 8.42. The van der Waals surface area contributed by atoms with Crippen molar-refractivity contribution in [3.8, 4) is 0 Å². The van der Waals surface area contributed by atoms with E-state index in [-0.39, 0.29) is 11.8 Å². The van der Waals surface area contributed by atoms with Crippen LogP contribution in [0, 0.1) is 6.92 Å². The van der Waals surface area contributed by atoms with Crippen LogP contribution in [0.3, 0.4) is 0 Å². The highest BCUT2D eigenvalue weighted by atomic mass is 32.1. The molecule has 0 aromatic carbocycles. The largest absolute Gasteiger partial charge is 0.342 e. The fourth-order valence-corrected chi connectivity index (χ4v) is 3.76. The Morgan fingerprint density at radius 2 is 2.43 bits per heavy atom. The van der Waals surface area contributed by atoms with Crippen molar-refractivity contribution >= 4 is 17.2 Å². The second-order valence-electron chi connectivity index (χ2n) is 5.88. The number of nitrogens with zero attached hydrogens (tertiary/aromatic N) is 2. The molecule has 0 saturated carbocycles. The summed E-state index contributed by atoms with van der Waals surface area (Å²) in [5.74, 6) is 0.559. The number of amides is 1. The molecule has 1 N–H and O–H groups in total. The fraction of sp³-hybridized carbons (Fsp3) is 0.500. The smallest absolute Gasteiger partial charge is 0.229 e. The topological polar surface area (TPSA) is 49.0 Å². The summed E-state index contributed by atoms with van der Waals surface area (Å²) in [6.45, 7) is 5.68. The molecule has 0 aliphatic carbocycles. The Labute approximate surface area is 129 Å². The Balaban J connectivity index is 1.69. The summed E-state index contributed by atoms with van der Waals surface area (Å²) < 4.78 is 0. The minimum absolute atomic E-state index is 0.0454. The summed E-state index contributed by atoms with van der Waals surface area (Å²) >= 11 is 1.65. The van der Waals surface area contributed by atoms with Gasteiger partial charge in [0, 0.05) is 24.7 Å². The van der Waals surface area contributed by atoms with Crippen LogP contribution in [-0.2, 0) is 4.79 Å². The zero-order chi connectivity index (χ0) is 14.8. The molecule has 1 amide bonds. The quantitative estimate of drug-likeness (QED) is 0.946. The number of H-pyrrole nitrogens is 1. The van der Waals surface area contributed by atoms with Crippen LogP contribution in [0.1, 0.15) is 48.6 Å². The molecule has 3 heterocycles. The van der Waals surface area contributed by atoms with Crippen molar-refractivity contribution in [2.24, 2.45) is 0 Å². The van der Waals surface area contributed by atoms with Crippen molar-refractivity contribution in [2.45, 2.75) is 38.5 Å². The van der Waals surface area contributed by atoms with Crippen LogP contribution < -0.4 is 0 Å². The first-order chi connectivity index (χ1) is 10.1. The Bertz CT molecular complexity index is 605. The van der Waals surface area contributed by atoms with E-state index in [9.17, 15) is 4.79 Å². The molecule has 2 atom stereocenters. The lowest BCUT2D eigenvalue weighted by molar-refractivity contribution is -0.133. The van der Waals surface area contributed by atoms with Gasteiger partial charge in [-0.05, 0) is 55.1 Å². The molecule has 0 radical (unpaired) electrons. The van der Waals surface area contributed by atoms with Crippen molar-refractivity contribution in [2.75, 3.05) is 13.1 Å². The minimum atomic E-state index is -0.0454. The number of aromatic nitrogens is 2. The van der Waals surface area contributed by atoms with Crippen LogP contribution >= 0.6 is 11.3 Å². The van der Waals surface area contributed by atoms with Crippen molar-refractivity contribution in [1.29, 1.82) is 0 Å². The molecule has 3 rings (SSSR count). The van der Waals surface area contributed by atoms with Gasteiger partial charge in [0.25, 0.3) is 0 Å². The predicted octanol–water partition coefficient (Wildman–Crippen LogP) is 3.29. The molecule has 112 valence electrons. The highest BCUT2D eigenvalue weighted by molar-refractivity contribution is 7.08. The third kappa shape index (κ3) is 3.02. The van der Waals surface area contributed by atoms with E-state index in [0.29, 0.717) is 5.92 Å². The Hall–Kier alpha value is -1.62.